The standard InChI is InChI=1S/C21H25N5O4/c1-13-3-10-18(27)26(25-13)14(2)19(28)22-11-12-23-20(29)15-6-8-17(9-7-15)24-21(30)16-4-5-16/h3,6-10,14,16H,4-5,11-12H2,1-2H3,(H,22,28)(H,23,29)(H,24,30). The number of hydrogen-bond acceptors (Lipinski definition) is 5. The molecule has 1 heterocycles. The quantitative estimate of drug-likeness (QED) is 0.560. The predicted molar refractivity (Wildman–Crippen MR) is 111 cm³/mol. The molecule has 1 fully saturated rings. The van der Waals surface area contributed by atoms with Gasteiger partial charge in [0.15, 0.2) is 0 Å². The molecule has 3 N–H and O–H groups in total. The topological polar surface area (TPSA) is 122 Å². The molecule has 3 rings (SSSR count). The molecule has 2 aromatic rings. The van der Waals surface area contributed by atoms with Crippen molar-refractivity contribution in [1.82, 2.24) is 20.4 Å². The van der Waals surface area contributed by atoms with E-state index in [0.29, 0.717) is 16.9 Å². The molecule has 0 saturated heterocycles. The molecular weight excluding hydrogens is 386 g/mol. The minimum absolute atomic E-state index is 0.0142. The first-order valence-electron chi connectivity index (χ1n) is 9.88. The lowest BCUT2D eigenvalue weighted by Crippen LogP contribution is -2.40. The molecule has 9 nitrogen and oxygen atoms in total. The first-order chi connectivity index (χ1) is 14.3. The van der Waals surface area contributed by atoms with Gasteiger partial charge < -0.3 is 16.0 Å². The number of nitrogens with zero attached hydrogens (tertiary/aromatic N) is 2. The van der Waals surface area contributed by atoms with E-state index < -0.39 is 6.04 Å². The highest BCUT2D eigenvalue weighted by Gasteiger charge is 2.29. The second-order valence-corrected chi connectivity index (χ2v) is 7.32. The zero-order valence-electron chi connectivity index (χ0n) is 17.0. The summed E-state index contributed by atoms with van der Waals surface area (Å²) in [4.78, 5) is 48.1. The number of carbonyl (C=O) groups is 3. The van der Waals surface area contributed by atoms with Crippen LogP contribution in [0.15, 0.2) is 41.2 Å². The van der Waals surface area contributed by atoms with Gasteiger partial charge in [-0.3, -0.25) is 19.2 Å². The van der Waals surface area contributed by atoms with Crippen LogP contribution in [-0.2, 0) is 9.59 Å². The van der Waals surface area contributed by atoms with E-state index in [1.54, 1.807) is 44.2 Å². The Balaban J connectivity index is 1.42. The third kappa shape index (κ3) is 5.53. The maximum Gasteiger partial charge on any atom is 0.267 e. The predicted octanol–water partition coefficient (Wildman–Crippen LogP) is 1.01. The van der Waals surface area contributed by atoms with Crippen molar-refractivity contribution >= 4 is 23.4 Å². The van der Waals surface area contributed by atoms with Gasteiger partial charge in [-0.25, -0.2) is 4.68 Å². The maximum atomic E-state index is 12.2. The van der Waals surface area contributed by atoms with E-state index in [4.69, 9.17) is 0 Å². The lowest BCUT2D eigenvalue weighted by molar-refractivity contribution is -0.124. The fourth-order valence-corrected chi connectivity index (χ4v) is 2.82. The monoisotopic (exact) mass is 411 g/mol. The van der Waals surface area contributed by atoms with Gasteiger partial charge in [-0.2, -0.15) is 5.10 Å². The third-order valence-corrected chi connectivity index (χ3v) is 4.78. The first kappa shape index (κ1) is 21.2. The lowest BCUT2D eigenvalue weighted by Gasteiger charge is -2.14. The molecule has 1 aliphatic carbocycles. The van der Waals surface area contributed by atoms with E-state index in [-0.39, 0.29) is 42.3 Å². The molecule has 0 spiro atoms. The zero-order valence-corrected chi connectivity index (χ0v) is 17.0. The van der Waals surface area contributed by atoms with Crippen molar-refractivity contribution in [2.75, 3.05) is 18.4 Å². The average Bonchev–Trinajstić information content (AvgIpc) is 3.58. The molecule has 1 saturated carbocycles. The van der Waals surface area contributed by atoms with Crippen LogP contribution < -0.4 is 21.5 Å². The van der Waals surface area contributed by atoms with E-state index in [9.17, 15) is 19.2 Å². The summed E-state index contributed by atoms with van der Waals surface area (Å²) in [7, 11) is 0. The average molecular weight is 411 g/mol. The normalized spacial score (nSPS) is 13.9. The first-order valence-corrected chi connectivity index (χ1v) is 9.88. The summed E-state index contributed by atoms with van der Waals surface area (Å²) in [5, 5.41) is 12.3. The Kier molecular flexibility index (Phi) is 6.61. The van der Waals surface area contributed by atoms with Gasteiger partial charge in [0.2, 0.25) is 11.8 Å². The van der Waals surface area contributed by atoms with Crippen molar-refractivity contribution in [1.29, 1.82) is 0 Å². The van der Waals surface area contributed by atoms with Gasteiger partial charge in [-0.15, -0.1) is 0 Å². The molecule has 0 aliphatic heterocycles. The Morgan fingerprint density at radius 1 is 1.07 bits per heavy atom. The Morgan fingerprint density at radius 2 is 1.73 bits per heavy atom. The van der Waals surface area contributed by atoms with E-state index in [1.165, 1.54) is 6.07 Å². The Morgan fingerprint density at radius 3 is 2.40 bits per heavy atom. The summed E-state index contributed by atoms with van der Waals surface area (Å²) in [5.74, 6) is -0.513. The number of nitrogens with one attached hydrogen (secondary N) is 3. The summed E-state index contributed by atoms with van der Waals surface area (Å²) in [6.07, 6.45) is 1.86. The van der Waals surface area contributed by atoms with Crippen molar-refractivity contribution < 1.29 is 14.4 Å². The van der Waals surface area contributed by atoms with Gasteiger partial charge >= 0.3 is 0 Å². The van der Waals surface area contributed by atoms with Crippen LogP contribution in [0.25, 0.3) is 0 Å². The molecule has 0 radical (unpaired) electrons. The van der Waals surface area contributed by atoms with Crippen LogP contribution >= 0.6 is 0 Å². The maximum absolute atomic E-state index is 12.2. The number of benzene rings is 1. The van der Waals surface area contributed by atoms with Crippen molar-refractivity contribution in [2.24, 2.45) is 5.92 Å². The Hall–Kier alpha value is -3.49. The lowest BCUT2D eigenvalue weighted by atomic mass is 10.2. The van der Waals surface area contributed by atoms with Crippen LogP contribution in [0.1, 0.15) is 41.9 Å². The molecule has 3 amide bonds. The van der Waals surface area contributed by atoms with E-state index >= 15 is 0 Å². The highest BCUT2D eigenvalue weighted by Crippen LogP contribution is 2.30. The summed E-state index contributed by atoms with van der Waals surface area (Å²) in [6.45, 7) is 3.77. The Labute approximate surface area is 173 Å². The van der Waals surface area contributed by atoms with Crippen molar-refractivity contribution in [3.05, 3.63) is 58.0 Å². The van der Waals surface area contributed by atoms with E-state index in [2.05, 4.69) is 21.0 Å². The molecule has 1 aromatic carbocycles. The Bertz CT molecular complexity index is 995. The van der Waals surface area contributed by atoms with Gasteiger partial charge in [0.1, 0.15) is 6.04 Å². The van der Waals surface area contributed by atoms with Gasteiger partial charge in [0.25, 0.3) is 11.5 Å². The fraction of sp³-hybridized carbons (Fsp3) is 0.381. The number of amides is 3. The molecule has 158 valence electrons. The second kappa shape index (κ2) is 9.34. The minimum atomic E-state index is -0.758. The molecule has 9 heteroatoms. The van der Waals surface area contributed by atoms with E-state index in [1.807, 2.05) is 0 Å². The van der Waals surface area contributed by atoms with Crippen LogP contribution in [0.4, 0.5) is 5.69 Å². The summed E-state index contributed by atoms with van der Waals surface area (Å²) in [5.41, 5.74) is 1.40. The van der Waals surface area contributed by atoms with Crippen LogP contribution in [0.3, 0.4) is 0 Å². The highest BCUT2D eigenvalue weighted by molar-refractivity contribution is 5.96. The van der Waals surface area contributed by atoms with Gasteiger partial charge in [-0.1, -0.05) is 0 Å². The van der Waals surface area contributed by atoms with Crippen molar-refractivity contribution in [3.8, 4) is 0 Å². The third-order valence-electron chi connectivity index (χ3n) is 4.78. The van der Waals surface area contributed by atoms with E-state index in [0.717, 1.165) is 17.5 Å². The van der Waals surface area contributed by atoms with Crippen molar-refractivity contribution in [2.45, 2.75) is 32.7 Å². The number of rotatable bonds is 8. The molecule has 1 unspecified atom stereocenters. The molecular formula is C21H25N5O4. The van der Waals surface area contributed by atoms with Gasteiger partial charge in [0, 0.05) is 36.3 Å². The molecule has 0 bridgehead atoms. The smallest absolute Gasteiger partial charge is 0.267 e. The SMILES string of the molecule is Cc1ccc(=O)n(C(C)C(=O)NCCNC(=O)c2ccc(NC(=O)C3CC3)cc2)n1. The van der Waals surface area contributed by atoms with Crippen LogP contribution in [-0.4, -0.2) is 40.6 Å². The number of carbonyl (C=O) groups excluding carboxylic acids is 3. The fourth-order valence-electron chi connectivity index (χ4n) is 2.82. The summed E-state index contributed by atoms with van der Waals surface area (Å²) >= 11 is 0. The minimum Gasteiger partial charge on any atom is -0.352 e. The van der Waals surface area contributed by atoms with Crippen LogP contribution in [0, 0.1) is 12.8 Å². The number of aryl methyl sites for hydroxylation is 1. The second-order valence-electron chi connectivity index (χ2n) is 7.32. The number of aromatic nitrogens is 2. The molecule has 1 aromatic heterocycles. The number of hydrogen-bond donors (Lipinski definition) is 3. The molecule has 1 atom stereocenters. The number of anilines is 1. The van der Waals surface area contributed by atoms with Crippen LogP contribution in [0.2, 0.25) is 0 Å². The zero-order chi connectivity index (χ0) is 21.7. The molecule has 1 aliphatic rings. The van der Waals surface area contributed by atoms with Gasteiger partial charge in [0.05, 0.1) is 5.69 Å². The van der Waals surface area contributed by atoms with Crippen molar-refractivity contribution in [3.63, 3.8) is 0 Å². The van der Waals surface area contributed by atoms with Crippen LogP contribution in [0.5, 0.6) is 0 Å². The highest BCUT2D eigenvalue weighted by atomic mass is 16.2. The molecule has 30 heavy (non-hydrogen) atoms. The van der Waals surface area contributed by atoms with Gasteiger partial charge in [-0.05, 0) is 57.0 Å². The summed E-state index contributed by atoms with van der Waals surface area (Å²) in [6, 6.07) is 8.84. The summed E-state index contributed by atoms with van der Waals surface area (Å²) < 4.78 is 1.13. The largest absolute Gasteiger partial charge is 0.352 e.